The highest BCUT2D eigenvalue weighted by atomic mass is 32.2. The van der Waals surface area contributed by atoms with Crippen molar-refractivity contribution in [2.45, 2.75) is 44.4 Å². The van der Waals surface area contributed by atoms with Crippen LogP contribution in [0.5, 0.6) is 0 Å². The summed E-state index contributed by atoms with van der Waals surface area (Å²) in [6, 6.07) is 0.290. The number of carbonyl (C=O) groups excluding carboxylic acids is 1. The number of likely N-dealkylation sites (N-methyl/N-ethyl adjacent to an activating group) is 1. The van der Waals surface area contributed by atoms with Crippen LogP contribution in [0.15, 0.2) is 0 Å². The molecule has 1 unspecified atom stereocenters. The van der Waals surface area contributed by atoms with Crippen molar-refractivity contribution in [1.29, 1.82) is 0 Å². The monoisotopic (exact) mass is 244 g/mol. The van der Waals surface area contributed by atoms with Crippen LogP contribution < -0.4 is 5.32 Å². The average molecular weight is 244 g/mol. The minimum atomic E-state index is 0.191. The van der Waals surface area contributed by atoms with Crippen LogP contribution in [0.2, 0.25) is 0 Å². The number of rotatable bonds is 5. The second kappa shape index (κ2) is 7.17. The lowest BCUT2D eigenvalue weighted by Gasteiger charge is -2.24. The van der Waals surface area contributed by atoms with Gasteiger partial charge in [0.25, 0.3) is 0 Å². The molecule has 1 atom stereocenters. The average Bonchev–Trinajstić information content (AvgIpc) is 2.29. The largest absolute Gasteiger partial charge is 0.342 e. The van der Waals surface area contributed by atoms with E-state index >= 15 is 0 Å². The first-order valence-corrected chi connectivity index (χ1v) is 7.24. The molecule has 94 valence electrons. The molecular weight excluding hydrogens is 220 g/mol. The second-order valence-electron chi connectivity index (χ2n) is 4.72. The number of amides is 1. The molecule has 1 aliphatic heterocycles. The Labute approximate surface area is 103 Å². The van der Waals surface area contributed by atoms with Gasteiger partial charge in [0, 0.05) is 24.9 Å². The van der Waals surface area contributed by atoms with Crippen LogP contribution in [0.3, 0.4) is 0 Å². The topological polar surface area (TPSA) is 32.3 Å². The summed E-state index contributed by atoms with van der Waals surface area (Å²) in [5.41, 5.74) is 0. The van der Waals surface area contributed by atoms with E-state index in [0.717, 1.165) is 6.54 Å². The van der Waals surface area contributed by atoms with Crippen LogP contribution in [-0.4, -0.2) is 48.0 Å². The first kappa shape index (κ1) is 13.8. The van der Waals surface area contributed by atoms with Gasteiger partial charge >= 0.3 is 0 Å². The molecule has 1 fully saturated rings. The molecule has 16 heavy (non-hydrogen) atoms. The maximum atomic E-state index is 11.7. The molecule has 1 saturated heterocycles. The standard InChI is InChI=1S/C12H24N2OS/c1-10(2)14(3)12(15)9-13-8-11-6-4-5-7-16-11/h10-11,13H,4-9H2,1-3H3. The summed E-state index contributed by atoms with van der Waals surface area (Å²) < 4.78 is 0. The third-order valence-electron chi connectivity index (χ3n) is 3.09. The summed E-state index contributed by atoms with van der Waals surface area (Å²) >= 11 is 2.04. The van der Waals surface area contributed by atoms with E-state index in [9.17, 15) is 4.79 Å². The zero-order chi connectivity index (χ0) is 12.0. The van der Waals surface area contributed by atoms with Crippen molar-refractivity contribution in [2.24, 2.45) is 0 Å². The maximum absolute atomic E-state index is 11.7. The van der Waals surface area contributed by atoms with Crippen LogP contribution in [0.4, 0.5) is 0 Å². The van der Waals surface area contributed by atoms with Gasteiger partial charge in [-0.2, -0.15) is 11.8 Å². The summed E-state index contributed by atoms with van der Waals surface area (Å²) in [5.74, 6) is 1.47. The van der Waals surface area contributed by atoms with Gasteiger partial charge in [-0.15, -0.1) is 0 Å². The minimum absolute atomic E-state index is 0.191. The van der Waals surface area contributed by atoms with Gasteiger partial charge in [0.15, 0.2) is 0 Å². The fourth-order valence-electron chi connectivity index (χ4n) is 1.72. The zero-order valence-electron chi connectivity index (χ0n) is 10.7. The molecule has 0 saturated carbocycles. The van der Waals surface area contributed by atoms with Gasteiger partial charge in [-0.25, -0.2) is 0 Å². The number of nitrogens with one attached hydrogen (secondary N) is 1. The highest BCUT2D eigenvalue weighted by molar-refractivity contribution is 7.99. The highest BCUT2D eigenvalue weighted by Crippen LogP contribution is 2.24. The third kappa shape index (κ3) is 4.74. The van der Waals surface area contributed by atoms with Gasteiger partial charge < -0.3 is 10.2 Å². The number of hydrogen-bond acceptors (Lipinski definition) is 3. The molecule has 0 aromatic rings. The van der Waals surface area contributed by atoms with Gasteiger partial charge in [0.05, 0.1) is 6.54 Å². The van der Waals surface area contributed by atoms with E-state index in [-0.39, 0.29) is 5.91 Å². The lowest BCUT2D eigenvalue weighted by molar-refractivity contribution is -0.130. The van der Waals surface area contributed by atoms with Gasteiger partial charge in [0.1, 0.15) is 0 Å². The predicted octanol–water partition coefficient (Wildman–Crippen LogP) is 1.73. The van der Waals surface area contributed by atoms with Crippen LogP contribution in [0, 0.1) is 0 Å². The molecule has 0 aromatic carbocycles. The zero-order valence-corrected chi connectivity index (χ0v) is 11.5. The molecule has 1 N–H and O–H groups in total. The summed E-state index contributed by atoms with van der Waals surface area (Å²) in [6.07, 6.45) is 4.00. The molecule has 0 aliphatic carbocycles. The Morgan fingerprint density at radius 1 is 1.50 bits per heavy atom. The first-order valence-electron chi connectivity index (χ1n) is 6.19. The molecule has 1 amide bonds. The number of thioether (sulfide) groups is 1. The minimum Gasteiger partial charge on any atom is -0.342 e. The Hall–Kier alpha value is -0.220. The van der Waals surface area contributed by atoms with E-state index < -0.39 is 0 Å². The van der Waals surface area contributed by atoms with Crippen molar-refractivity contribution in [3.63, 3.8) is 0 Å². The Kier molecular flexibility index (Phi) is 6.21. The van der Waals surface area contributed by atoms with Crippen LogP contribution >= 0.6 is 11.8 Å². The molecular formula is C12H24N2OS. The van der Waals surface area contributed by atoms with Crippen molar-refractivity contribution >= 4 is 17.7 Å². The van der Waals surface area contributed by atoms with Crippen molar-refractivity contribution in [1.82, 2.24) is 10.2 Å². The lowest BCUT2D eigenvalue weighted by atomic mass is 10.2. The van der Waals surface area contributed by atoms with Crippen molar-refractivity contribution < 1.29 is 4.79 Å². The van der Waals surface area contributed by atoms with E-state index in [0.29, 0.717) is 17.8 Å². The summed E-state index contributed by atoms with van der Waals surface area (Å²) in [5, 5.41) is 3.99. The van der Waals surface area contributed by atoms with Gasteiger partial charge in [-0.3, -0.25) is 4.79 Å². The normalized spacial score (nSPS) is 21.1. The molecule has 1 rings (SSSR count). The fourth-order valence-corrected chi connectivity index (χ4v) is 2.99. The number of nitrogens with zero attached hydrogens (tertiary/aromatic N) is 1. The van der Waals surface area contributed by atoms with E-state index in [2.05, 4.69) is 5.32 Å². The summed E-state index contributed by atoms with van der Waals surface area (Å²) in [7, 11) is 1.87. The fraction of sp³-hybridized carbons (Fsp3) is 0.917. The Morgan fingerprint density at radius 2 is 2.25 bits per heavy atom. The Bertz CT molecular complexity index is 215. The molecule has 0 spiro atoms. The maximum Gasteiger partial charge on any atom is 0.236 e. The van der Waals surface area contributed by atoms with E-state index in [4.69, 9.17) is 0 Å². The van der Waals surface area contributed by atoms with Crippen molar-refractivity contribution in [3.05, 3.63) is 0 Å². The Morgan fingerprint density at radius 3 is 2.81 bits per heavy atom. The van der Waals surface area contributed by atoms with E-state index in [1.54, 1.807) is 4.90 Å². The highest BCUT2D eigenvalue weighted by Gasteiger charge is 2.15. The summed E-state index contributed by atoms with van der Waals surface area (Å²) in [6.45, 7) is 5.53. The van der Waals surface area contributed by atoms with Crippen molar-refractivity contribution in [3.8, 4) is 0 Å². The molecule has 0 aromatic heterocycles. The van der Waals surface area contributed by atoms with Crippen molar-refractivity contribution in [2.75, 3.05) is 25.9 Å². The van der Waals surface area contributed by atoms with Crippen LogP contribution in [0.25, 0.3) is 0 Å². The quantitative estimate of drug-likeness (QED) is 0.799. The molecule has 0 bridgehead atoms. The smallest absolute Gasteiger partial charge is 0.236 e. The van der Waals surface area contributed by atoms with E-state index in [1.165, 1.54) is 25.0 Å². The van der Waals surface area contributed by atoms with Gasteiger partial charge in [0.2, 0.25) is 5.91 Å². The van der Waals surface area contributed by atoms with Gasteiger partial charge in [-0.1, -0.05) is 6.42 Å². The molecule has 4 heteroatoms. The predicted molar refractivity (Wildman–Crippen MR) is 70.9 cm³/mol. The van der Waals surface area contributed by atoms with Crippen LogP contribution in [-0.2, 0) is 4.79 Å². The first-order chi connectivity index (χ1) is 7.61. The Balaban J connectivity index is 2.12. The SMILES string of the molecule is CC(C)N(C)C(=O)CNCC1CCCCS1. The second-order valence-corrected chi connectivity index (χ2v) is 6.13. The van der Waals surface area contributed by atoms with E-state index in [1.807, 2.05) is 32.7 Å². The molecule has 3 nitrogen and oxygen atoms in total. The summed E-state index contributed by atoms with van der Waals surface area (Å²) in [4.78, 5) is 13.5. The molecule has 0 radical (unpaired) electrons. The number of hydrogen-bond donors (Lipinski definition) is 1. The third-order valence-corrected chi connectivity index (χ3v) is 4.49. The van der Waals surface area contributed by atoms with Gasteiger partial charge in [-0.05, 0) is 32.4 Å². The lowest BCUT2D eigenvalue weighted by Crippen LogP contribution is -2.41. The molecule has 1 heterocycles. The van der Waals surface area contributed by atoms with Crippen LogP contribution in [0.1, 0.15) is 33.1 Å². The molecule has 1 aliphatic rings. The number of carbonyl (C=O) groups is 1.